The van der Waals surface area contributed by atoms with Gasteiger partial charge in [0.25, 0.3) is 0 Å². The number of ether oxygens (including phenoxy) is 1. The fraction of sp³-hybridized carbons (Fsp3) is 0.444. The van der Waals surface area contributed by atoms with Crippen molar-refractivity contribution >= 4 is 34.0 Å². The molecule has 2 aliphatic rings. The van der Waals surface area contributed by atoms with Crippen molar-refractivity contribution in [1.29, 1.82) is 0 Å². The normalized spacial score (nSPS) is 20.3. The summed E-state index contributed by atoms with van der Waals surface area (Å²) in [5.74, 6) is 0.372. The second kappa shape index (κ2) is 6.82. The second-order valence-corrected chi connectivity index (χ2v) is 7.65. The minimum Gasteiger partial charge on any atom is -0.376 e. The molecule has 2 heterocycles. The van der Waals surface area contributed by atoms with Crippen LogP contribution in [-0.2, 0) is 9.53 Å². The van der Waals surface area contributed by atoms with Crippen LogP contribution in [0.4, 0.5) is 5.13 Å². The molecule has 1 aliphatic heterocycles. The van der Waals surface area contributed by atoms with Crippen molar-refractivity contribution in [2.75, 3.05) is 18.1 Å². The van der Waals surface area contributed by atoms with E-state index in [0.29, 0.717) is 11.6 Å². The molecule has 0 N–H and O–H groups in total. The van der Waals surface area contributed by atoms with Crippen molar-refractivity contribution in [3.63, 3.8) is 0 Å². The highest BCUT2D eigenvalue weighted by molar-refractivity contribution is 7.14. The van der Waals surface area contributed by atoms with E-state index in [1.165, 1.54) is 11.3 Å². The molecule has 4 rings (SSSR count). The summed E-state index contributed by atoms with van der Waals surface area (Å²) in [6, 6.07) is 7.62. The van der Waals surface area contributed by atoms with Gasteiger partial charge in [0.1, 0.15) is 0 Å². The van der Waals surface area contributed by atoms with E-state index >= 15 is 0 Å². The zero-order valence-corrected chi connectivity index (χ0v) is 14.9. The molecule has 0 unspecified atom stereocenters. The summed E-state index contributed by atoms with van der Waals surface area (Å²) in [4.78, 5) is 19.3. The first-order valence-electron chi connectivity index (χ1n) is 8.35. The summed E-state index contributed by atoms with van der Waals surface area (Å²) in [5.41, 5.74) is 1.89. The summed E-state index contributed by atoms with van der Waals surface area (Å²) in [6.45, 7) is 1.41. The molecule has 0 radical (unpaired) electrons. The number of nitrogens with zero attached hydrogens (tertiary/aromatic N) is 2. The number of rotatable bonds is 5. The smallest absolute Gasteiger partial charge is 0.231 e. The Labute approximate surface area is 150 Å². The average molecular weight is 363 g/mol. The third-order valence-corrected chi connectivity index (χ3v) is 5.58. The Bertz CT molecular complexity index is 721. The maximum Gasteiger partial charge on any atom is 0.231 e. The predicted molar refractivity (Wildman–Crippen MR) is 96.6 cm³/mol. The van der Waals surface area contributed by atoms with E-state index in [2.05, 4.69) is 0 Å². The Morgan fingerprint density at radius 1 is 1.29 bits per heavy atom. The van der Waals surface area contributed by atoms with Crippen molar-refractivity contribution in [2.45, 2.75) is 31.8 Å². The molecule has 126 valence electrons. The lowest BCUT2D eigenvalue weighted by molar-refractivity contribution is -0.120. The molecule has 1 aromatic carbocycles. The van der Waals surface area contributed by atoms with Crippen molar-refractivity contribution in [3.05, 3.63) is 34.7 Å². The molecule has 6 heteroatoms. The largest absolute Gasteiger partial charge is 0.376 e. The van der Waals surface area contributed by atoms with Crippen LogP contribution >= 0.6 is 22.9 Å². The van der Waals surface area contributed by atoms with Crippen LogP contribution < -0.4 is 4.90 Å². The van der Waals surface area contributed by atoms with E-state index < -0.39 is 0 Å². The number of carbonyl (C=O) groups is 1. The minimum absolute atomic E-state index is 0.135. The lowest BCUT2D eigenvalue weighted by Crippen LogP contribution is -2.38. The van der Waals surface area contributed by atoms with Crippen LogP contribution in [0.25, 0.3) is 11.3 Å². The van der Waals surface area contributed by atoms with Gasteiger partial charge in [0.15, 0.2) is 5.13 Å². The molecule has 2 fully saturated rings. The lowest BCUT2D eigenvalue weighted by atomic mass is 10.2. The third-order valence-electron chi connectivity index (χ3n) is 4.47. The van der Waals surface area contributed by atoms with E-state index in [1.807, 2.05) is 34.5 Å². The zero-order chi connectivity index (χ0) is 16.5. The molecular weight excluding hydrogens is 344 g/mol. The molecule has 0 bridgehead atoms. The summed E-state index contributed by atoms with van der Waals surface area (Å²) >= 11 is 7.47. The van der Waals surface area contributed by atoms with E-state index in [9.17, 15) is 4.79 Å². The van der Waals surface area contributed by atoms with Gasteiger partial charge in [-0.15, -0.1) is 11.3 Å². The molecule has 1 saturated heterocycles. The van der Waals surface area contributed by atoms with E-state index in [-0.39, 0.29) is 17.9 Å². The average Bonchev–Trinajstić information content (AvgIpc) is 3.10. The SMILES string of the molecule is O=C(C1CC1)N(C[C@H]1CCCO1)c1nc(-c2ccc(Cl)cc2)cs1. The fourth-order valence-corrected chi connectivity index (χ4v) is 3.92. The lowest BCUT2D eigenvalue weighted by Gasteiger charge is -2.23. The first-order valence-corrected chi connectivity index (χ1v) is 9.61. The van der Waals surface area contributed by atoms with Crippen LogP contribution in [0.5, 0.6) is 0 Å². The first kappa shape index (κ1) is 16.1. The summed E-state index contributed by atoms with van der Waals surface area (Å²) in [6.07, 6.45) is 4.22. The van der Waals surface area contributed by atoms with Gasteiger partial charge in [0, 0.05) is 28.5 Å². The Hall–Kier alpha value is -1.43. The van der Waals surface area contributed by atoms with Gasteiger partial charge in [-0.1, -0.05) is 23.7 Å². The number of amides is 1. The van der Waals surface area contributed by atoms with Crippen LogP contribution in [0.15, 0.2) is 29.6 Å². The number of anilines is 1. The van der Waals surface area contributed by atoms with Crippen LogP contribution in [0.1, 0.15) is 25.7 Å². The standard InChI is InChI=1S/C18H19ClN2O2S/c19-14-7-5-12(6-8-14)16-11-24-18(20-16)21(17(22)13-3-4-13)10-15-2-1-9-23-15/h5-8,11,13,15H,1-4,9-10H2/t15-/m1/s1. The van der Waals surface area contributed by atoms with Gasteiger partial charge < -0.3 is 4.74 Å². The number of hydrogen-bond acceptors (Lipinski definition) is 4. The predicted octanol–water partition coefficient (Wildman–Crippen LogP) is 4.39. The van der Waals surface area contributed by atoms with Gasteiger partial charge in [-0.05, 0) is 37.8 Å². The molecule has 4 nitrogen and oxygen atoms in total. The molecular formula is C18H19ClN2O2S. The minimum atomic E-state index is 0.135. The first-order chi connectivity index (χ1) is 11.7. The summed E-state index contributed by atoms with van der Waals surface area (Å²) < 4.78 is 5.73. The van der Waals surface area contributed by atoms with Crippen LogP contribution in [0.2, 0.25) is 5.02 Å². The van der Waals surface area contributed by atoms with Gasteiger partial charge in [0.2, 0.25) is 5.91 Å². The zero-order valence-electron chi connectivity index (χ0n) is 13.3. The monoisotopic (exact) mass is 362 g/mol. The summed E-state index contributed by atoms with van der Waals surface area (Å²) in [5, 5.41) is 3.48. The molecule has 1 amide bonds. The second-order valence-electron chi connectivity index (χ2n) is 6.38. The van der Waals surface area contributed by atoms with Crippen molar-refractivity contribution in [2.24, 2.45) is 5.92 Å². The van der Waals surface area contributed by atoms with Gasteiger partial charge in [-0.3, -0.25) is 9.69 Å². The number of aromatic nitrogens is 1. The topological polar surface area (TPSA) is 42.4 Å². The number of benzene rings is 1. The van der Waals surface area contributed by atoms with Crippen LogP contribution in [0.3, 0.4) is 0 Å². The van der Waals surface area contributed by atoms with Crippen LogP contribution in [0, 0.1) is 5.92 Å². The quantitative estimate of drug-likeness (QED) is 0.792. The van der Waals surface area contributed by atoms with Gasteiger partial charge in [-0.2, -0.15) is 0 Å². The summed E-state index contributed by atoms with van der Waals surface area (Å²) in [7, 11) is 0. The Morgan fingerprint density at radius 2 is 2.08 bits per heavy atom. The molecule has 1 saturated carbocycles. The van der Waals surface area contributed by atoms with Crippen molar-refractivity contribution < 1.29 is 9.53 Å². The van der Waals surface area contributed by atoms with E-state index in [0.717, 1.165) is 48.7 Å². The van der Waals surface area contributed by atoms with Crippen LogP contribution in [-0.4, -0.2) is 30.1 Å². The molecule has 1 aromatic heterocycles. The highest BCUT2D eigenvalue weighted by Gasteiger charge is 2.36. The molecule has 0 spiro atoms. The molecule has 24 heavy (non-hydrogen) atoms. The van der Waals surface area contributed by atoms with Crippen molar-refractivity contribution in [3.8, 4) is 11.3 Å². The number of thiazole rings is 1. The van der Waals surface area contributed by atoms with Gasteiger partial charge in [-0.25, -0.2) is 4.98 Å². The maximum absolute atomic E-state index is 12.7. The third kappa shape index (κ3) is 3.48. The fourth-order valence-electron chi connectivity index (χ4n) is 2.95. The van der Waals surface area contributed by atoms with E-state index in [1.54, 1.807) is 0 Å². The molecule has 1 aliphatic carbocycles. The Balaban J connectivity index is 1.57. The molecule has 2 aromatic rings. The van der Waals surface area contributed by atoms with Crippen molar-refractivity contribution in [1.82, 2.24) is 4.98 Å². The van der Waals surface area contributed by atoms with E-state index in [4.69, 9.17) is 21.3 Å². The van der Waals surface area contributed by atoms with Gasteiger partial charge in [0.05, 0.1) is 18.3 Å². The Morgan fingerprint density at radius 3 is 2.75 bits per heavy atom. The Kier molecular flexibility index (Phi) is 4.57. The highest BCUT2D eigenvalue weighted by Crippen LogP contribution is 2.35. The number of halogens is 1. The number of carbonyl (C=O) groups excluding carboxylic acids is 1. The van der Waals surface area contributed by atoms with Gasteiger partial charge >= 0.3 is 0 Å². The highest BCUT2D eigenvalue weighted by atomic mass is 35.5. The number of hydrogen-bond donors (Lipinski definition) is 0. The maximum atomic E-state index is 12.7. The molecule has 1 atom stereocenters.